The second-order valence-electron chi connectivity index (χ2n) is 11.4. The van der Waals surface area contributed by atoms with Crippen LogP contribution < -0.4 is 14.4 Å². The highest BCUT2D eigenvalue weighted by molar-refractivity contribution is 7.92. The van der Waals surface area contributed by atoms with Gasteiger partial charge in [0.1, 0.15) is 18.3 Å². The van der Waals surface area contributed by atoms with E-state index in [0.717, 1.165) is 21.0 Å². The number of carbonyl (C=O) groups is 2. The number of ether oxygens (including phenoxy) is 1. The number of hydrogen-bond acceptors (Lipinski definition) is 5. The Balaban J connectivity index is 1.78. The van der Waals surface area contributed by atoms with E-state index in [2.05, 4.69) is 5.32 Å². The molecule has 0 aliphatic rings. The second-order valence-corrected chi connectivity index (χ2v) is 13.2. The van der Waals surface area contributed by atoms with Crippen LogP contribution in [0.5, 0.6) is 5.75 Å². The van der Waals surface area contributed by atoms with Gasteiger partial charge in [-0.3, -0.25) is 13.9 Å². The zero-order chi connectivity index (χ0) is 32.4. The van der Waals surface area contributed by atoms with Crippen molar-refractivity contribution in [3.63, 3.8) is 0 Å². The maximum Gasteiger partial charge on any atom is 0.264 e. The van der Waals surface area contributed by atoms with Crippen LogP contribution in [0.1, 0.15) is 30.5 Å². The Hall–Kier alpha value is -4.63. The van der Waals surface area contributed by atoms with Crippen LogP contribution in [0.4, 0.5) is 5.69 Å². The minimum absolute atomic E-state index is 0.0145. The van der Waals surface area contributed by atoms with Crippen LogP contribution in [0, 0.1) is 12.8 Å². The number of methoxy groups -OCH3 is 1. The van der Waals surface area contributed by atoms with Gasteiger partial charge in [0.2, 0.25) is 11.8 Å². The lowest BCUT2D eigenvalue weighted by molar-refractivity contribution is -0.140. The van der Waals surface area contributed by atoms with Crippen molar-refractivity contribution in [3.8, 4) is 5.75 Å². The Morgan fingerprint density at radius 3 is 2.04 bits per heavy atom. The standard InChI is InChI=1S/C36H41N3O5S/c1-27(2)24-37-36(41)34(23-29-13-7-5-8-14-29)38(25-30-15-11-12-28(3)22-30)35(40)26-39(31-16-9-6-10-17-31)45(42,43)33-20-18-32(44-4)19-21-33/h5-22,27,34H,23-26H2,1-4H3,(H,37,41)/t34-/m1/s1. The van der Waals surface area contributed by atoms with Crippen LogP contribution >= 0.6 is 0 Å². The zero-order valence-electron chi connectivity index (χ0n) is 26.2. The average molecular weight is 628 g/mol. The monoisotopic (exact) mass is 627 g/mol. The fourth-order valence-electron chi connectivity index (χ4n) is 4.98. The number of aryl methyl sites for hydroxylation is 1. The van der Waals surface area contributed by atoms with E-state index in [1.165, 1.54) is 24.1 Å². The number of rotatable bonds is 14. The summed E-state index contributed by atoms with van der Waals surface area (Å²) in [7, 11) is -2.68. The molecule has 0 saturated heterocycles. The van der Waals surface area contributed by atoms with Crippen molar-refractivity contribution in [1.82, 2.24) is 10.2 Å². The van der Waals surface area contributed by atoms with E-state index in [1.54, 1.807) is 42.5 Å². The molecule has 0 unspecified atom stereocenters. The van der Waals surface area contributed by atoms with Crippen molar-refractivity contribution in [2.24, 2.45) is 5.92 Å². The minimum atomic E-state index is -4.18. The molecule has 0 saturated carbocycles. The maximum atomic E-state index is 14.5. The number of sulfonamides is 1. The highest BCUT2D eigenvalue weighted by atomic mass is 32.2. The molecule has 0 spiro atoms. The molecule has 2 amide bonds. The van der Waals surface area contributed by atoms with Gasteiger partial charge in [0.15, 0.2) is 0 Å². The highest BCUT2D eigenvalue weighted by Gasteiger charge is 2.34. The Morgan fingerprint density at radius 2 is 1.44 bits per heavy atom. The van der Waals surface area contributed by atoms with E-state index in [-0.39, 0.29) is 29.7 Å². The quantitative estimate of drug-likeness (QED) is 0.196. The maximum absolute atomic E-state index is 14.5. The van der Waals surface area contributed by atoms with Gasteiger partial charge in [-0.05, 0) is 60.4 Å². The Bertz CT molecular complexity index is 1660. The first-order valence-electron chi connectivity index (χ1n) is 15.0. The fourth-order valence-corrected chi connectivity index (χ4v) is 6.40. The number of para-hydroxylation sites is 1. The molecule has 9 heteroatoms. The van der Waals surface area contributed by atoms with Crippen molar-refractivity contribution >= 4 is 27.5 Å². The van der Waals surface area contributed by atoms with Crippen molar-refractivity contribution < 1.29 is 22.7 Å². The molecule has 8 nitrogen and oxygen atoms in total. The molecular formula is C36H41N3O5S. The molecule has 1 N–H and O–H groups in total. The summed E-state index contributed by atoms with van der Waals surface area (Å²) in [5, 5.41) is 3.01. The van der Waals surface area contributed by atoms with Crippen LogP contribution in [-0.2, 0) is 32.6 Å². The first-order valence-corrected chi connectivity index (χ1v) is 16.4. The smallest absolute Gasteiger partial charge is 0.264 e. The molecule has 4 rings (SSSR count). The van der Waals surface area contributed by atoms with Crippen molar-refractivity contribution in [3.05, 3.63) is 126 Å². The Morgan fingerprint density at radius 1 is 0.822 bits per heavy atom. The summed E-state index contributed by atoms with van der Waals surface area (Å²) in [6.07, 6.45) is 0.263. The number of anilines is 1. The predicted molar refractivity (Wildman–Crippen MR) is 177 cm³/mol. The summed E-state index contributed by atoms with van der Waals surface area (Å²) >= 11 is 0. The molecule has 0 radical (unpaired) electrons. The Labute approximate surface area is 266 Å². The van der Waals surface area contributed by atoms with Gasteiger partial charge in [0, 0.05) is 19.5 Å². The minimum Gasteiger partial charge on any atom is -0.497 e. The van der Waals surface area contributed by atoms with E-state index < -0.39 is 28.5 Å². The van der Waals surface area contributed by atoms with Gasteiger partial charge in [0.05, 0.1) is 17.7 Å². The van der Waals surface area contributed by atoms with E-state index >= 15 is 0 Å². The number of carbonyl (C=O) groups excluding carboxylic acids is 2. The molecule has 236 valence electrons. The number of nitrogens with zero attached hydrogens (tertiary/aromatic N) is 2. The summed E-state index contributed by atoms with van der Waals surface area (Å²) in [5.41, 5.74) is 3.06. The van der Waals surface area contributed by atoms with Gasteiger partial charge < -0.3 is 15.0 Å². The molecule has 45 heavy (non-hydrogen) atoms. The molecule has 0 aliphatic carbocycles. The van der Waals surface area contributed by atoms with E-state index in [1.807, 2.05) is 75.4 Å². The predicted octanol–water partition coefficient (Wildman–Crippen LogP) is 5.61. The van der Waals surface area contributed by atoms with Gasteiger partial charge in [-0.25, -0.2) is 8.42 Å². The summed E-state index contributed by atoms with van der Waals surface area (Å²) < 4.78 is 34.5. The largest absolute Gasteiger partial charge is 0.497 e. The molecule has 0 aromatic heterocycles. The van der Waals surface area contributed by atoms with Crippen LogP contribution in [0.3, 0.4) is 0 Å². The molecule has 0 bridgehead atoms. The van der Waals surface area contributed by atoms with Gasteiger partial charge in [0.25, 0.3) is 10.0 Å². The third-order valence-electron chi connectivity index (χ3n) is 7.36. The molecule has 4 aromatic rings. The molecule has 0 aliphatic heterocycles. The number of hydrogen-bond donors (Lipinski definition) is 1. The lowest BCUT2D eigenvalue weighted by atomic mass is 10.0. The Kier molecular flexibility index (Phi) is 11.4. The SMILES string of the molecule is COc1ccc(S(=O)(=O)N(CC(=O)N(Cc2cccc(C)c2)[C@H](Cc2ccccc2)C(=O)NCC(C)C)c2ccccc2)cc1. The van der Waals surface area contributed by atoms with Gasteiger partial charge in [-0.1, -0.05) is 92.2 Å². The number of benzene rings is 4. The lowest BCUT2D eigenvalue weighted by Crippen LogP contribution is -2.53. The topological polar surface area (TPSA) is 96.0 Å². The first-order chi connectivity index (χ1) is 21.6. The van der Waals surface area contributed by atoms with Gasteiger partial charge in [-0.2, -0.15) is 0 Å². The first kappa shape index (κ1) is 33.3. The van der Waals surface area contributed by atoms with Gasteiger partial charge in [-0.15, -0.1) is 0 Å². The third-order valence-corrected chi connectivity index (χ3v) is 9.15. The molecule has 4 aromatic carbocycles. The summed E-state index contributed by atoms with van der Waals surface area (Å²) in [4.78, 5) is 29.9. The summed E-state index contributed by atoms with van der Waals surface area (Å²) in [6, 6.07) is 30.9. The summed E-state index contributed by atoms with van der Waals surface area (Å²) in [6.45, 7) is 6.03. The summed E-state index contributed by atoms with van der Waals surface area (Å²) in [5.74, 6) is -0.0804. The van der Waals surface area contributed by atoms with E-state index in [9.17, 15) is 18.0 Å². The van der Waals surface area contributed by atoms with Crippen molar-refractivity contribution in [2.45, 2.75) is 44.7 Å². The number of amides is 2. The van der Waals surface area contributed by atoms with Crippen LogP contribution in [0.15, 0.2) is 114 Å². The molecule has 0 fully saturated rings. The van der Waals surface area contributed by atoms with E-state index in [4.69, 9.17) is 4.74 Å². The highest BCUT2D eigenvalue weighted by Crippen LogP contribution is 2.26. The zero-order valence-corrected chi connectivity index (χ0v) is 27.0. The van der Waals surface area contributed by atoms with Crippen molar-refractivity contribution in [2.75, 3.05) is 24.5 Å². The number of nitrogens with one attached hydrogen (secondary N) is 1. The van der Waals surface area contributed by atoms with Crippen molar-refractivity contribution in [1.29, 1.82) is 0 Å². The third kappa shape index (κ3) is 8.95. The fraction of sp³-hybridized carbons (Fsp3) is 0.278. The van der Waals surface area contributed by atoms with Crippen LogP contribution in [0.25, 0.3) is 0 Å². The van der Waals surface area contributed by atoms with Crippen LogP contribution in [0.2, 0.25) is 0 Å². The van der Waals surface area contributed by atoms with Crippen LogP contribution in [-0.4, -0.2) is 51.4 Å². The lowest BCUT2D eigenvalue weighted by Gasteiger charge is -2.34. The van der Waals surface area contributed by atoms with Gasteiger partial charge >= 0.3 is 0 Å². The average Bonchev–Trinajstić information content (AvgIpc) is 3.04. The molecule has 1 atom stereocenters. The molecular weight excluding hydrogens is 586 g/mol. The molecule has 0 heterocycles. The second kappa shape index (κ2) is 15.4. The normalized spacial score (nSPS) is 11.9. The van der Waals surface area contributed by atoms with E-state index in [0.29, 0.717) is 18.0 Å².